The summed E-state index contributed by atoms with van der Waals surface area (Å²) < 4.78 is 69.5. The molecule has 0 bridgehead atoms. The summed E-state index contributed by atoms with van der Waals surface area (Å²) in [5.41, 5.74) is 11.4. The Kier molecular flexibility index (Phi) is 14.6. The van der Waals surface area contributed by atoms with Gasteiger partial charge in [0.05, 0.1) is 80.8 Å². The normalized spacial score (nSPS) is 14.2. The number of aromatic nitrogens is 6. The molecule has 18 heteroatoms. The summed E-state index contributed by atoms with van der Waals surface area (Å²) in [6.07, 6.45) is 1.71. The van der Waals surface area contributed by atoms with Gasteiger partial charge in [0.2, 0.25) is 0 Å². The van der Waals surface area contributed by atoms with Crippen LogP contribution >= 0.6 is 0 Å². The molecule has 1 aliphatic rings. The van der Waals surface area contributed by atoms with Gasteiger partial charge in [-0.1, -0.05) is 13.8 Å². The van der Waals surface area contributed by atoms with Gasteiger partial charge in [0, 0.05) is 91.1 Å². The molecule has 1 aliphatic heterocycles. The van der Waals surface area contributed by atoms with E-state index < -0.39 is 17.8 Å². The maximum absolute atomic E-state index is 13.3. The molecule has 4 N–H and O–H groups in total. The van der Waals surface area contributed by atoms with E-state index in [1.807, 2.05) is 37.5 Å². The number of halogens is 3. The molecule has 3 aromatic heterocycles. The van der Waals surface area contributed by atoms with Gasteiger partial charge >= 0.3 is 6.18 Å². The van der Waals surface area contributed by atoms with Crippen molar-refractivity contribution in [2.45, 2.75) is 58.5 Å². The Morgan fingerprint density at radius 3 is 2.29 bits per heavy atom. The van der Waals surface area contributed by atoms with Crippen molar-refractivity contribution in [3.05, 3.63) is 102 Å². The zero-order valence-corrected chi connectivity index (χ0v) is 38.2. The number of alkyl halides is 3. The first-order valence-corrected chi connectivity index (χ1v) is 21.5. The number of anilines is 4. The summed E-state index contributed by atoms with van der Waals surface area (Å²) in [5, 5.41) is 11.6. The highest BCUT2D eigenvalue weighted by atomic mass is 19.4. The van der Waals surface area contributed by atoms with Crippen molar-refractivity contribution < 1.29 is 36.9 Å². The van der Waals surface area contributed by atoms with Gasteiger partial charge in [0.25, 0.3) is 0 Å². The molecular formula is C48H55F3N10O5. The summed E-state index contributed by atoms with van der Waals surface area (Å²) in [7, 11) is 6.76. The van der Waals surface area contributed by atoms with E-state index in [0.29, 0.717) is 58.9 Å². The lowest BCUT2D eigenvalue weighted by Gasteiger charge is -2.27. The Morgan fingerprint density at radius 2 is 1.64 bits per heavy atom. The van der Waals surface area contributed by atoms with E-state index in [0.717, 1.165) is 76.8 Å². The summed E-state index contributed by atoms with van der Waals surface area (Å²) in [6, 6.07) is 19.0. The number of rotatable bonds is 15. The molecule has 8 rings (SSSR count). The molecular weight excluding hydrogens is 854 g/mol. The molecule has 4 heterocycles. The number of nitrogens with one attached hydrogen (secondary N) is 2. The van der Waals surface area contributed by atoms with Crippen LogP contribution in [-0.2, 0) is 18.0 Å². The fraction of sp³-hybridized carbons (Fsp3) is 0.354. The van der Waals surface area contributed by atoms with Crippen LogP contribution in [-0.4, -0.2) is 89.5 Å². The van der Waals surface area contributed by atoms with Crippen LogP contribution in [0, 0.1) is 6.92 Å². The second kappa shape index (κ2) is 20.5. The number of ether oxygens (including phenoxy) is 5. The van der Waals surface area contributed by atoms with E-state index in [1.54, 1.807) is 64.4 Å². The predicted molar refractivity (Wildman–Crippen MR) is 250 cm³/mol. The number of nitrogen functional groups attached to an aromatic ring is 1. The van der Waals surface area contributed by atoms with Gasteiger partial charge in [0.1, 0.15) is 29.2 Å². The van der Waals surface area contributed by atoms with Gasteiger partial charge < -0.3 is 45.0 Å². The third kappa shape index (κ3) is 11.5. The molecule has 4 aromatic carbocycles. The monoisotopic (exact) mass is 908 g/mol. The van der Waals surface area contributed by atoms with Crippen LogP contribution < -0.4 is 40.2 Å². The molecule has 1 saturated heterocycles. The minimum Gasteiger partial charge on any atom is -0.497 e. The zero-order valence-electron chi connectivity index (χ0n) is 38.2. The molecule has 1 fully saturated rings. The Bertz CT molecular complexity index is 2760. The Balaban J connectivity index is 0.000000196. The quantitative estimate of drug-likeness (QED) is 0.0833. The minimum absolute atomic E-state index is 0.0383. The number of nitrogens with two attached hydrogens (primary N) is 1. The molecule has 0 saturated carbocycles. The van der Waals surface area contributed by atoms with Gasteiger partial charge in [-0.05, 0) is 61.9 Å². The highest BCUT2D eigenvalue weighted by Gasteiger charge is 2.31. The number of fused-ring (bicyclic) bond motifs is 2. The molecule has 2 atom stereocenters. The van der Waals surface area contributed by atoms with Crippen molar-refractivity contribution in [3.63, 3.8) is 0 Å². The smallest absolute Gasteiger partial charge is 0.416 e. The lowest BCUT2D eigenvalue weighted by molar-refractivity contribution is -0.137. The van der Waals surface area contributed by atoms with Crippen molar-refractivity contribution >= 4 is 44.8 Å². The summed E-state index contributed by atoms with van der Waals surface area (Å²) in [5.74, 6) is 3.50. The van der Waals surface area contributed by atoms with Gasteiger partial charge in [-0.25, -0.2) is 15.0 Å². The van der Waals surface area contributed by atoms with E-state index in [2.05, 4.69) is 61.6 Å². The second-order valence-corrected chi connectivity index (χ2v) is 16.2. The van der Waals surface area contributed by atoms with Gasteiger partial charge in [-0.15, -0.1) is 0 Å². The van der Waals surface area contributed by atoms with Gasteiger partial charge in [0.15, 0.2) is 11.5 Å². The van der Waals surface area contributed by atoms with Crippen molar-refractivity contribution in [3.8, 4) is 34.3 Å². The highest BCUT2D eigenvalue weighted by molar-refractivity contribution is 5.92. The molecule has 15 nitrogen and oxygen atoms in total. The maximum Gasteiger partial charge on any atom is 0.416 e. The maximum atomic E-state index is 13.3. The average Bonchev–Trinajstić information content (AvgIpc) is 3.98. The summed E-state index contributed by atoms with van der Waals surface area (Å²) in [4.78, 5) is 20.7. The molecule has 66 heavy (non-hydrogen) atoms. The molecule has 2 unspecified atom stereocenters. The molecule has 0 radical (unpaired) electrons. The highest BCUT2D eigenvalue weighted by Crippen LogP contribution is 2.38. The van der Waals surface area contributed by atoms with E-state index in [4.69, 9.17) is 34.4 Å². The van der Waals surface area contributed by atoms with E-state index in [1.165, 1.54) is 6.07 Å². The summed E-state index contributed by atoms with van der Waals surface area (Å²) in [6.45, 7) is 10.5. The fourth-order valence-electron chi connectivity index (χ4n) is 7.46. The largest absolute Gasteiger partial charge is 0.497 e. The summed E-state index contributed by atoms with van der Waals surface area (Å²) >= 11 is 0. The van der Waals surface area contributed by atoms with Crippen molar-refractivity contribution in [2.75, 3.05) is 63.6 Å². The van der Waals surface area contributed by atoms with E-state index in [9.17, 15) is 13.2 Å². The van der Waals surface area contributed by atoms with Crippen LogP contribution in [0.5, 0.6) is 23.0 Å². The van der Waals surface area contributed by atoms with Crippen LogP contribution in [0.15, 0.2) is 85.3 Å². The standard InChI is InChI=1S/C25H30N6O2.C23H25F3N4O3/c1-17(2)26-8-9-31(20-10-21(32-4)13-22(11-20)33-5)19-6-7-23-24(12-19)29-25(15-27-23)18-14-28-30(3)16-18;1-12(14-6-15(23(24,25)26)8-16(27)7-14)28-22-18-9-21(33-17-4-5-32-11-17)20(31-3)10-19(18)29-13(2)30-22/h6-7,10-17,26H,8-9H2,1-5H3;6-10,12,17H,4-5,11,27H2,1-3H3,(H,28,29,30). The van der Waals surface area contributed by atoms with Crippen LogP contribution in [0.25, 0.3) is 33.2 Å². The fourth-order valence-corrected chi connectivity index (χ4v) is 7.46. The van der Waals surface area contributed by atoms with Crippen LogP contribution in [0.1, 0.15) is 50.2 Å². The number of hydrogen-bond donors (Lipinski definition) is 3. The van der Waals surface area contributed by atoms with E-state index >= 15 is 0 Å². The minimum atomic E-state index is -4.49. The van der Waals surface area contributed by atoms with Crippen LogP contribution in [0.4, 0.5) is 36.1 Å². The number of methoxy groups -OCH3 is 3. The lowest BCUT2D eigenvalue weighted by atomic mass is 10.0. The first kappa shape index (κ1) is 47.1. The van der Waals surface area contributed by atoms with Crippen molar-refractivity contribution in [1.29, 1.82) is 0 Å². The van der Waals surface area contributed by atoms with Crippen LogP contribution in [0.2, 0.25) is 0 Å². The molecule has 0 spiro atoms. The third-order valence-corrected chi connectivity index (χ3v) is 10.8. The first-order valence-electron chi connectivity index (χ1n) is 21.5. The lowest BCUT2D eigenvalue weighted by Crippen LogP contribution is -2.32. The SMILES string of the molecule is COc1cc(OC)cc(N(CCNC(C)C)c2ccc3ncc(-c4cnn(C)c4)nc3c2)c1.COc1cc2nc(C)nc(NC(C)c3cc(N)cc(C(F)(F)F)c3)c2cc1OC1CCOC1. The molecule has 7 aromatic rings. The van der Waals surface area contributed by atoms with Crippen molar-refractivity contribution in [1.82, 2.24) is 35.0 Å². The number of benzene rings is 4. The second-order valence-electron chi connectivity index (χ2n) is 16.2. The molecule has 0 aliphatic carbocycles. The first-order chi connectivity index (χ1) is 31.6. The number of hydrogen-bond acceptors (Lipinski definition) is 14. The Morgan fingerprint density at radius 1 is 0.864 bits per heavy atom. The van der Waals surface area contributed by atoms with E-state index in [-0.39, 0.29) is 11.8 Å². The zero-order chi connectivity index (χ0) is 47.1. The number of aryl methyl sites for hydroxylation is 2. The predicted octanol–water partition coefficient (Wildman–Crippen LogP) is 9.07. The number of nitrogens with zero attached hydrogens (tertiary/aromatic N) is 7. The molecule has 0 amide bonds. The average molecular weight is 909 g/mol. The van der Waals surface area contributed by atoms with Gasteiger partial charge in [-0.3, -0.25) is 9.67 Å². The Hall–Kier alpha value is -6.92. The van der Waals surface area contributed by atoms with Gasteiger partial charge in [-0.2, -0.15) is 18.3 Å². The van der Waals surface area contributed by atoms with Crippen LogP contribution in [0.3, 0.4) is 0 Å². The molecule has 348 valence electrons. The van der Waals surface area contributed by atoms with Crippen molar-refractivity contribution in [2.24, 2.45) is 7.05 Å². The topological polar surface area (TPSA) is 169 Å². The Labute approximate surface area is 381 Å². The third-order valence-electron chi connectivity index (χ3n) is 10.8.